The number of nitrogens with two attached hydrogens (primary N) is 1. The minimum absolute atomic E-state index is 0.000903. The molecule has 0 aliphatic rings. The van der Waals surface area contributed by atoms with Crippen molar-refractivity contribution in [3.05, 3.63) is 0 Å². The summed E-state index contributed by atoms with van der Waals surface area (Å²) in [5, 5.41) is 0.000903. The molecule has 0 aromatic carbocycles. The Morgan fingerprint density at radius 2 is 1.71 bits per heavy atom. The first-order valence-corrected chi connectivity index (χ1v) is 9.74. The minimum Gasteiger partial charge on any atom is -0.423 e. The largest absolute Gasteiger partial charge is 0.423 e. The molecule has 0 aromatic heterocycles. The second kappa shape index (κ2) is 4.47. The molecular formula is C10H27NOSi2. The highest BCUT2D eigenvalue weighted by Crippen LogP contribution is 2.31. The van der Waals surface area contributed by atoms with E-state index in [1.807, 2.05) is 0 Å². The lowest BCUT2D eigenvalue weighted by Gasteiger charge is -2.44. The van der Waals surface area contributed by atoms with Crippen LogP contribution in [0.5, 0.6) is 0 Å². The Kier molecular flexibility index (Phi) is 4.58. The summed E-state index contributed by atoms with van der Waals surface area (Å²) in [6.07, 6.45) is 2.03. The molecule has 2 nitrogen and oxygen atoms in total. The molecule has 4 heteroatoms. The van der Waals surface area contributed by atoms with E-state index in [1.54, 1.807) is 0 Å². The Labute approximate surface area is 93.2 Å². The molecule has 0 amide bonds. The van der Waals surface area contributed by atoms with Crippen LogP contribution in [0.2, 0.25) is 19.6 Å². The smallest absolute Gasteiger partial charge is 0.146 e. The van der Waals surface area contributed by atoms with Gasteiger partial charge in [-0.25, -0.2) is 0 Å². The molecule has 0 heterocycles. The first-order chi connectivity index (χ1) is 6.08. The summed E-state index contributed by atoms with van der Waals surface area (Å²) >= 11 is 0. The Bertz CT molecular complexity index is 189. The summed E-state index contributed by atoms with van der Waals surface area (Å²) in [6, 6.07) is 0. The highest BCUT2D eigenvalue weighted by Gasteiger charge is 2.41. The summed E-state index contributed by atoms with van der Waals surface area (Å²) in [5.74, 6) is 0. The lowest BCUT2D eigenvalue weighted by Crippen LogP contribution is -2.61. The van der Waals surface area contributed by atoms with Crippen LogP contribution in [-0.2, 0) is 4.43 Å². The van der Waals surface area contributed by atoms with Crippen LogP contribution >= 0.6 is 0 Å². The van der Waals surface area contributed by atoms with E-state index in [9.17, 15) is 0 Å². The first-order valence-electron chi connectivity index (χ1n) is 5.42. The zero-order valence-electron chi connectivity index (χ0n) is 10.9. The molecule has 0 fully saturated rings. The van der Waals surface area contributed by atoms with Gasteiger partial charge < -0.3 is 10.2 Å². The third-order valence-corrected chi connectivity index (χ3v) is 8.04. The molecule has 0 saturated heterocycles. The van der Waals surface area contributed by atoms with Crippen molar-refractivity contribution < 1.29 is 4.43 Å². The van der Waals surface area contributed by atoms with Gasteiger partial charge in [0.1, 0.15) is 10.5 Å². The molecule has 0 radical (unpaired) electrons. The lowest BCUT2D eigenvalue weighted by molar-refractivity contribution is 0.0947. The Morgan fingerprint density at radius 3 is 1.93 bits per heavy atom. The van der Waals surface area contributed by atoms with Crippen molar-refractivity contribution in [1.82, 2.24) is 0 Å². The molecule has 0 spiro atoms. The zero-order valence-corrected chi connectivity index (χ0v) is 13.9. The fourth-order valence-corrected chi connectivity index (χ4v) is 3.91. The van der Waals surface area contributed by atoms with Gasteiger partial charge in [0.25, 0.3) is 0 Å². The second-order valence-corrected chi connectivity index (χ2v) is 11.8. The van der Waals surface area contributed by atoms with E-state index in [4.69, 9.17) is 10.2 Å². The van der Waals surface area contributed by atoms with Crippen molar-refractivity contribution >= 4 is 18.6 Å². The fraction of sp³-hybridized carbons (Fsp3) is 1.00. The molecule has 0 aliphatic heterocycles. The number of hydrogen-bond donors (Lipinski definition) is 1. The maximum Gasteiger partial charge on any atom is 0.146 e. The van der Waals surface area contributed by atoms with Crippen molar-refractivity contribution in [3.8, 4) is 0 Å². The van der Waals surface area contributed by atoms with Gasteiger partial charge in [0.15, 0.2) is 0 Å². The highest BCUT2D eigenvalue weighted by atomic mass is 28.3. The molecule has 0 rings (SSSR count). The standard InChI is InChI=1S/C10H27NOSi2/c1-7-10(11,14(4,5)6)8-9(2,3)12-13/h7-8,11H2,1-6,13H3. The third-order valence-electron chi connectivity index (χ3n) is 3.42. The van der Waals surface area contributed by atoms with Gasteiger partial charge in [0.05, 0.1) is 13.7 Å². The topological polar surface area (TPSA) is 35.2 Å². The van der Waals surface area contributed by atoms with Gasteiger partial charge in [-0.1, -0.05) is 26.6 Å². The highest BCUT2D eigenvalue weighted by molar-refractivity contribution is 6.79. The van der Waals surface area contributed by atoms with Gasteiger partial charge >= 0.3 is 0 Å². The number of rotatable bonds is 5. The van der Waals surface area contributed by atoms with E-state index in [1.165, 1.54) is 0 Å². The second-order valence-electron chi connectivity index (χ2n) is 5.90. The third kappa shape index (κ3) is 3.49. The van der Waals surface area contributed by atoms with Crippen LogP contribution in [0.1, 0.15) is 33.6 Å². The quantitative estimate of drug-likeness (QED) is 0.729. The summed E-state index contributed by atoms with van der Waals surface area (Å²) in [5.41, 5.74) is 6.49. The van der Waals surface area contributed by atoms with Crippen LogP contribution in [0.25, 0.3) is 0 Å². The van der Waals surface area contributed by atoms with Crippen LogP contribution in [-0.4, -0.2) is 29.3 Å². The van der Waals surface area contributed by atoms with Crippen molar-refractivity contribution in [2.24, 2.45) is 5.73 Å². The summed E-state index contributed by atoms with van der Waals surface area (Å²) in [4.78, 5) is 0. The molecule has 1 atom stereocenters. The molecular weight excluding hydrogens is 206 g/mol. The number of hydrogen-bond acceptors (Lipinski definition) is 2. The Morgan fingerprint density at radius 1 is 1.29 bits per heavy atom. The average molecular weight is 234 g/mol. The minimum atomic E-state index is -1.32. The predicted molar refractivity (Wildman–Crippen MR) is 70.3 cm³/mol. The van der Waals surface area contributed by atoms with Crippen molar-refractivity contribution in [3.63, 3.8) is 0 Å². The van der Waals surface area contributed by atoms with Crippen molar-refractivity contribution in [2.75, 3.05) is 0 Å². The van der Waals surface area contributed by atoms with Crippen LogP contribution < -0.4 is 5.73 Å². The van der Waals surface area contributed by atoms with E-state index in [-0.39, 0.29) is 10.8 Å². The molecule has 1 unspecified atom stereocenters. The van der Waals surface area contributed by atoms with E-state index >= 15 is 0 Å². The molecule has 2 N–H and O–H groups in total. The van der Waals surface area contributed by atoms with E-state index in [2.05, 4.69) is 40.4 Å². The molecule has 0 bridgehead atoms. The van der Waals surface area contributed by atoms with Crippen LogP contribution in [0.15, 0.2) is 0 Å². The lowest BCUT2D eigenvalue weighted by atomic mass is 9.97. The monoisotopic (exact) mass is 233 g/mol. The first kappa shape index (κ1) is 14.4. The van der Waals surface area contributed by atoms with Gasteiger partial charge in [-0.3, -0.25) is 0 Å². The summed E-state index contributed by atoms with van der Waals surface area (Å²) < 4.78 is 5.61. The van der Waals surface area contributed by atoms with Gasteiger partial charge in [-0.15, -0.1) is 0 Å². The van der Waals surface area contributed by atoms with E-state index < -0.39 is 8.07 Å². The molecule has 0 aromatic rings. The fourth-order valence-electron chi connectivity index (χ4n) is 1.75. The molecule has 86 valence electrons. The molecule has 14 heavy (non-hydrogen) atoms. The molecule has 0 aliphatic carbocycles. The maximum absolute atomic E-state index is 6.53. The van der Waals surface area contributed by atoms with Crippen molar-refractivity contribution in [2.45, 2.75) is 64.0 Å². The summed E-state index contributed by atoms with van der Waals surface area (Å²) in [7, 11) is -0.534. The predicted octanol–water partition coefficient (Wildman–Crippen LogP) is 1.44. The van der Waals surface area contributed by atoms with E-state index in [0.717, 1.165) is 23.3 Å². The zero-order chi connectivity index (χ0) is 11.6. The Hall–Kier alpha value is 0.354. The average Bonchev–Trinajstić information content (AvgIpc) is 2.01. The maximum atomic E-state index is 6.53. The van der Waals surface area contributed by atoms with Gasteiger partial charge in [-0.05, 0) is 26.7 Å². The van der Waals surface area contributed by atoms with E-state index in [0.29, 0.717) is 0 Å². The van der Waals surface area contributed by atoms with Gasteiger partial charge in [-0.2, -0.15) is 0 Å². The van der Waals surface area contributed by atoms with Gasteiger partial charge in [0.2, 0.25) is 0 Å². The molecule has 0 saturated carbocycles. The normalized spacial score (nSPS) is 18.2. The van der Waals surface area contributed by atoms with Crippen LogP contribution in [0, 0.1) is 0 Å². The van der Waals surface area contributed by atoms with Crippen molar-refractivity contribution in [1.29, 1.82) is 0 Å². The Balaban J connectivity index is 4.74. The summed E-state index contributed by atoms with van der Waals surface area (Å²) in [6.45, 7) is 13.5. The van der Waals surface area contributed by atoms with Gasteiger partial charge in [0, 0.05) is 5.16 Å². The van der Waals surface area contributed by atoms with Crippen LogP contribution in [0.3, 0.4) is 0 Å². The van der Waals surface area contributed by atoms with Crippen LogP contribution in [0.4, 0.5) is 0 Å². The SMILES string of the molecule is CCC(N)(CC(C)(C)O[SiH3])[Si](C)(C)C.